The number of hydrogen-bond donors (Lipinski definition) is 2. The third-order valence-corrected chi connectivity index (χ3v) is 2.61. The van der Waals surface area contributed by atoms with Crippen molar-refractivity contribution < 1.29 is 19.7 Å². The summed E-state index contributed by atoms with van der Waals surface area (Å²) in [6.45, 7) is 0.360. The Balaban J connectivity index is 1.95. The second-order valence-electron chi connectivity index (χ2n) is 4.20. The van der Waals surface area contributed by atoms with Crippen LogP contribution in [0.15, 0.2) is 54.6 Å². The van der Waals surface area contributed by atoms with E-state index in [0.29, 0.717) is 12.4 Å². The maximum Gasteiger partial charge on any atom is 0.328 e. The molecule has 2 aromatic rings. The molecule has 2 aromatic carbocycles. The van der Waals surface area contributed by atoms with Crippen molar-refractivity contribution in [3.8, 4) is 11.5 Å². The Morgan fingerprint density at radius 1 is 1.15 bits per heavy atom. The molecule has 2 N–H and O–H groups in total. The molecular weight excluding hydrogens is 256 g/mol. The predicted molar refractivity (Wildman–Crippen MR) is 75.6 cm³/mol. The summed E-state index contributed by atoms with van der Waals surface area (Å²) in [4.78, 5) is 10.4. The molecule has 0 fully saturated rings. The van der Waals surface area contributed by atoms with Gasteiger partial charge < -0.3 is 14.9 Å². The van der Waals surface area contributed by atoms with Gasteiger partial charge in [-0.3, -0.25) is 0 Å². The Morgan fingerprint density at radius 3 is 2.55 bits per heavy atom. The highest BCUT2D eigenvalue weighted by Gasteiger charge is 1.97. The maximum absolute atomic E-state index is 10.4. The molecule has 0 saturated heterocycles. The van der Waals surface area contributed by atoms with Crippen LogP contribution < -0.4 is 4.74 Å². The second kappa shape index (κ2) is 6.43. The minimum absolute atomic E-state index is 0.209. The summed E-state index contributed by atoms with van der Waals surface area (Å²) in [6, 6.07) is 14.0. The standard InChI is InChI=1S/C16H14O4/c17-14-3-1-2-13(10-14)11-20-15-7-4-12(5-8-15)6-9-16(18)19/h1-10,17H,11H2,(H,18,19)/b9-6+. The fourth-order valence-corrected chi connectivity index (χ4v) is 1.66. The molecule has 0 radical (unpaired) electrons. The lowest BCUT2D eigenvalue weighted by Gasteiger charge is -2.06. The van der Waals surface area contributed by atoms with Crippen molar-refractivity contribution in [2.24, 2.45) is 0 Å². The van der Waals surface area contributed by atoms with Crippen LogP contribution in [0, 0.1) is 0 Å². The number of aliphatic carboxylic acids is 1. The van der Waals surface area contributed by atoms with Crippen LogP contribution in [0.4, 0.5) is 0 Å². The molecule has 0 heterocycles. The van der Waals surface area contributed by atoms with E-state index in [1.54, 1.807) is 42.5 Å². The fourth-order valence-electron chi connectivity index (χ4n) is 1.66. The van der Waals surface area contributed by atoms with Crippen molar-refractivity contribution >= 4 is 12.0 Å². The molecule has 0 amide bonds. The molecule has 4 heteroatoms. The summed E-state index contributed by atoms with van der Waals surface area (Å²) < 4.78 is 5.58. The average molecular weight is 270 g/mol. The van der Waals surface area contributed by atoms with Gasteiger partial charge in [0.1, 0.15) is 18.1 Å². The number of carboxylic acid groups (broad SMARTS) is 1. The minimum atomic E-state index is -0.978. The number of hydrogen-bond acceptors (Lipinski definition) is 3. The molecule has 0 unspecified atom stereocenters. The van der Waals surface area contributed by atoms with Gasteiger partial charge >= 0.3 is 5.97 Å². The number of phenols is 1. The third-order valence-electron chi connectivity index (χ3n) is 2.61. The van der Waals surface area contributed by atoms with Crippen LogP contribution in [0.25, 0.3) is 6.08 Å². The highest BCUT2D eigenvalue weighted by Crippen LogP contribution is 2.17. The van der Waals surface area contributed by atoms with E-state index in [1.807, 2.05) is 6.07 Å². The zero-order chi connectivity index (χ0) is 14.4. The van der Waals surface area contributed by atoms with Gasteiger partial charge in [0.25, 0.3) is 0 Å². The number of carbonyl (C=O) groups is 1. The SMILES string of the molecule is O=C(O)/C=C/c1ccc(OCc2cccc(O)c2)cc1. The van der Waals surface area contributed by atoms with E-state index in [4.69, 9.17) is 9.84 Å². The molecular formula is C16H14O4. The van der Waals surface area contributed by atoms with Crippen molar-refractivity contribution in [2.75, 3.05) is 0 Å². The Labute approximate surface area is 116 Å². The van der Waals surface area contributed by atoms with Gasteiger partial charge in [0, 0.05) is 6.08 Å². The average Bonchev–Trinajstić information content (AvgIpc) is 2.44. The van der Waals surface area contributed by atoms with Crippen molar-refractivity contribution in [3.63, 3.8) is 0 Å². The zero-order valence-corrected chi connectivity index (χ0v) is 10.7. The summed E-state index contributed by atoms with van der Waals surface area (Å²) >= 11 is 0. The van der Waals surface area contributed by atoms with Crippen LogP contribution in [0.1, 0.15) is 11.1 Å². The van der Waals surface area contributed by atoms with Crippen LogP contribution in [-0.4, -0.2) is 16.2 Å². The molecule has 0 bridgehead atoms. The number of ether oxygens (including phenoxy) is 1. The van der Waals surface area contributed by atoms with E-state index in [-0.39, 0.29) is 5.75 Å². The van der Waals surface area contributed by atoms with Gasteiger partial charge in [-0.1, -0.05) is 24.3 Å². The van der Waals surface area contributed by atoms with Gasteiger partial charge in [0.15, 0.2) is 0 Å². The van der Waals surface area contributed by atoms with E-state index >= 15 is 0 Å². The summed E-state index contributed by atoms with van der Waals surface area (Å²) in [5.74, 6) is -0.0877. The lowest BCUT2D eigenvalue weighted by molar-refractivity contribution is -0.131. The summed E-state index contributed by atoms with van der Waals surface area (Å²) in [6.07, 6.45) is 2.60. The zero-order valence-electron chi connectivity index (χ0n) is 10.7. The van der Waals surface area contributed by atoms with Gasteiger partial charge in [-0.15, -0.1) is 0 Å². The molecule has 0 aliphatic carbocycles. The first-order valence-corrected chi connectivity index (χ1v) is 6.05. The number of phenolic OH excluding ortho intramolecular Hbond substituents is 1. The topological polar surface area (TPSA) is 66.8 Å². The van der Waals surface area contributed by atoms with E-state index in [0.717, 1.165) is 17.2 Å². The lowest BCUT2D eigenvalue weighted by Crippen LogP contribution is -1.94. The smallest absolute Gasteiger partial charge is 0.328 e. The van der Waals surface area contributed by atoms with Crippen molar-refractivity contribution in [3.05, 3.63) is 65.7 Å². The Kier molecular flexibility index (Phi) is 4.39. The van der Waals surface area contributed by atoms with Gasteiger partial charge in [0.2, 0.25) is 0 Å². The first-order chi connectivity index (χ1) is 9.63. The normalized spacial score (nSPS) is 10.6. The number of benzene rings is 2. The van der Waals surface area contributed by atoms with E-state index in [2.05, 4.69) is 0 Å². The van der Waals surface area contributed by atoms with Gasteiger partial charge in [0.05, 0.1) is 0 Å². The van der Waals surface area contributed by atoms with Crippen molar-refractivity contribution in [1.29, 1.82) is 0 Å². The monoisotopic (exact) mass is 270 g/mol. The fraction of sp³-hybridized carbons (Fsp3) is 0.0625. The molecule has 4 nitrogen and oxygen atoms in total. The quantitative estimate of drug-likeness (QED) is 0.819. The van der Waals surface area contributed by atoms with Crippen LogP contribution >= 0.6 is 0 Å². The number of rotatable bonds is 5. The Hall–Kier alpha value is -2.75. The highest BCUT2D eigenvalue weighted by atomic mass is 16.5. The molecule has 102 valence electrons. The molecule has 0 atom stereocenters. The molecule has 0 saturated carbocycles. The second-order valence-corrected chi connectivity index (χ2v) is 4.20. The molecule has 0 aromatic heterocycles. The Morgan fingerprint density at radius 2 is 1.90 bits per heavy atom. The summed E-state index contributed by atoms with van der Waals surface area (Å²) in [7, 11) is 0. The molecule has 2 rings (SSSR count). The first kappa shape index (κ1) is 13.7. The van der Waals surface area contributed by atoms with Crippen LogP contribution in [0.2, 0.25) is 0 Å². The lowest BCUT2D eigenvalue weighted by atomic mass is 10.2. The van der Waals surface area contributed by atoms with E-state index < -0.39 is 5.97 Å². The van der Waals surface area contributed by atoms with Gasteiger partial charge in [-0.05, 0) is 41.5 Å². The third kappa shape index (κ3) is 4.17. The molecule has 0 aliphatic rings. The van der Waals surface area contributed by atoms with Crippen LogP contribution in [-0.2, 0) is 11.4 Å². The van der Waals surface area contributed by atoms with Crippen molar-refractivity contribution in [2.45, 2.75) is 6.61 Å². The van der Waals surface area contributed by atoms with Gasteiger partial charge in [-0.2, -0.15) is 0 Å². The number of carboxylic acids is 1. The molecule has 0 spiro atoms. The summed E-state index contributed by atoms with van der Waals surface area (Å²) in [5.41, 5.74) is 1.66. The predicted octanol–water partition coefficient (Wildman–Crippen LogP) is 3.07. The highest BCUT2D eigenvalue weighted by molar-refractivity contribution is 5.85. The number of aromatic hydroxyl groups is 1. The van der Waals surface area contributed by atoms with Crippen LogP contribution in [0.5, 0.6) is 11.5 Å². The Bertz CT molecular complexity index is 615. The van der Waals surface area contributed by atoms with Crippen molar-refractivity contribution in [1.82, 2.24) is 0 Å². The summed E-state index contributed by atoms with van der Waals surface area (Å²) in [5, 5.41) is 17.9. The van der Waals surface area contributed by atoms with Crippen LogP contribution in [0.3, 0.4) is 0 Å². The molecule has 0 aliphatic heterocycles. The minimum Gasteiger partial charge on any atom is -0.508 e. The van der Waals surface area contributed by atoms with E-state index in [9.17, 15) is 9.90 Å². The maximum atomic E-state index is 10.4. The largest absolute Gasteiger partial charge is 0.508 e. The molecule has 20 heavy (non-hydrogen) atoms. The first-order valence-electron chi connectivity index (χ1n) is 6.05. The van der Waals surface area contributed by atoms with E-state index in [1.165, 1.54) is 6.08 Å². The van der Waals surface area contributed by atoms with Gasteiger partial charge in [-0.25, -0.2) is 4.79 Å².